The average Bonchev–Trinajstić information content (AvgIpc) is 1.23. The zero-order valence-corrected chi connectivity index (χ0v) is 3.48. The Morgan fingerprint density at radius 2 is 2.50 bits per heavy atom. The molecule has 1 rings (SSSR count). The minimum atomic E-state index is -0.536. The molecule has 1 saturated heterocycles. The van der Waals surface area contributed by atoms with E-state index < -0.39 is 6.39 Å². The normalized spacial score (nSPS) is 22.0. The van der Waals surface area contributed by atoms with Crippen LogP contribution in [0.5, 0.6) is 0 Å². The predicted molar refractivity (Wildman–Crippen MR) is 22.3 cm³/mol. The summed E-state index contributed by atoms with van der Waals surface area (Å²) in [4.78, 5) is 11.5. The molecule has 2 nitrogen and oxygen atoms in total. The van der Waals surface area contributed by atoms with Crippen LogP contribution in [0.3, 0.4) is 0 Å². The largest absolute Gasteiger partial charge is 0.345 e. The molecular formula is C4H7NO. The van der Waals surface area contributed by atoms with E-state index in [0.29, 0.717) is 0 Å². The quantitative estimate of drug-likeness (QED) is 0.375. The van der Waals surface area contributed by atoms with Crippen molar-refractivity contribution in [2.45, 2.75) is 6.42 Å². The molecule has 0 N–H and O–H groups in total. The first kappa shape index (κ1) is 2.61. The van der Waals surface area contributed by atoms with E-state index in [0.717, 1.165) is 19.5 Å². The third kappa shape index (κ3) is 0.379. The lowest BCUT2D eigenvalue weighted by molar-refractivity contribution is -0.121. The minimum Gasteiger partial charge on any atom is -0.345 e. The molecule has 0 saturated carbocycles. The summed E-state index contributed by atoms with van der Waals surface area (Å²) in [5.41, 5.74) is 0. The van der Waals surface area contributed by atoms with Crippen LogP contribution in [0.15, 0.2) is 0 Å². The molecule has 34 valence electrons. The summed E-state index contributed by atoms with van der Waals surface area (Å²) in [6.07, 6.45) is 0.538. The lowest BCUT2D eigenvalue weighted by Gasteiger charge is -2.25. The molecule has 0 aromatic rings. The van der Waals surface area contributed by atoms with Crippen LogP contribution >= 0.6 is 0 Å². The first-order valence-electron chi connectivity index (χ1n) is 2.56. The lowest BCUT2D eigenvalue weighted by atomic mass is 10.2. The average molecular weight is 86.1 g/mol. The number of carbonyl (C=O) groups is 1. The van der Waals surface area contributed by atoms with Gasteiger partial charge in [0.05, 0.1) is 0 Å². The summed E-state index contributed by atoms with van der Waals surface area (Å²) in [5, 5.41) is 0. The maximum absolute atomic E-state index is 10.0. The van der Waals surface area contributed by atoms with Crippen LogP contribution in [0.4, 0.5) is 0 Å². The molecule has 1 aliphatic rings. The van der Waals surface area contributed by atoms with Crippen molar-refractivity contribution < 1.29 is 6.17 Å². The van der Waals surface area contributed by atoms with E-state index in [2.05, 4.69) is 0 Å². The fraction of sp³-hybridized carbons (Fsp3) is 0.750. The van der Waals surface area contributed by atoms with Gasteiger partial charge in [-0.05, 0) is 6.42 Å². The Hall–Kier alpha value is -0.530. The maximum Gasteiger partial charge on any atom is 0.209 e. The van der Waals surface area contributed by atoms with Gasteiger partial charge in [-0.2, -0.15) is 0 Å². The zero-order valence-electron chi connectivity index (χ0n) is 4.48. The van der Waals surface area contributed by atoms with Gasteiger partial charge in [-0.3, -0.25) is 4.79 Å². The Morgan fingerprint density at radius 1 is 1.83 bits per heavy atom. The molecule has 0 radical (unpaired) electrons. The third-order valence-corrected chi connectivity index (χ3v) is 0.985. The third-order valence-electron chi connectivity index (χ3n) is 0.985. The molecule has 0 aromatic heterocycles. The molecule has 1 fully saturated rings. The van der Waals surface area contributed by atoms with E-state index in [-0.39, 0.29) is 0 Å². The van der Waals surface area contributed by atoms with Crippen molar-refractivity contribution in [3.8, 4) is 0 Å². The summed E-state index contributed by atoms with van der Waals surface area (Å²) in [6, 6.07) is 0. The standard InChI is InChI=1S/C4H7NO/c6-4-5-2-1-3-5/h4H,1-3H2/i4D. The molecule has 0 aromatic carbocycles. The molecule has 0 unspecified atom stereocenters. The van der Waals surface area contributed by atoms with Crippen LogP contribution in [0.25, 0.3) is 0 Å². The van der Waals surface area contributed by atoms with Crippen LogP contribution < -0.4 is 0 Å². The van der Waals surface area contributed by atoms with E-state index in [1.165, 1.54) is 4.90 Å². The van der Waals surface area contributed by atoms with E-state index in [1.54, 1.807) is 0 Å². The van der Waals surface area contributed by atoms with Crippen molar-refractivity contribution in [3.63, 3.8) is 0 Å². The Balaban J connectivity index is 2.27. The van der Waals surface area contributed by atoms with Gasteiger partial charge < -0.3 is 4.90 Å². The molecule has 2 heteroatoms. The Bertz CT molecular complexity index is 89.7. The molecule has 0 spiro atoms. The van der Waals surface area contributed by atoms with Crippen molar-refractivity contribution in [3.05, 3.63) is 0 Å². The second kappa shape index (κ2) is 1.29. The molecule has 1 amide bonds. The number of hydrogen-bond donors (Lipinski definition) is 0. The van der Waals surface area contributed by atoms with Gasteiger partial charge in [0.2, 0.25) is 6.39 Å². The van der Waals surface area contributed by atoms with E-state index in [9.17, 15) is 4.79 Å². The number of nitrogens with zero attached hydrogens (tertiary/aromatic N) is 1. The van der Waals surface area contributed by atoms with E-state index >= 15 is 0 Å². The fourth-order valence-electron chi connectivity index (χ4n) is 0.408. The summed E-state index contributed by atoms with van der Waals surface area (Å²) >= 11 is 0. The fourth-order valence-corrected chi connectivity index (χ4v) is 0.408. The summed E-state index contributed by atoms with van der Waals surface area (Å²) in [7, 11) is 0. The molecule has 0 aliphatic carbocycles. The highest BCUT2D eigenvalue weighted by Crippen LogP contribution is 1.99. The summed E-state index contributed by atoms with van der Waals surface area (Å²) in [5.74, 6) is 0. The maximum atomic E-state index is 10.0. The van der Waals surface area contributed by atoms with Crippen molar-refractivity contribution in [2.24, 2.45) is 0 Å². The van der Waals surface area contributed by atoms with Crippen LogP contribution in [0, 0.1) is 0 Å². The Labute approximate surface area is 38.2 Å². The molecule has 1 aliphatic heterocycles. The lowest BCUT2D eigenvalue weighted by Crippen LogP contribution is -2.35. The number of amides is 1. The summed E-state index contributed by atoms with van der Waals surface area (Å²) < 4.78 is 6.52. The predicted octanol–water partition coefficient (Wildman–Crippen LogP) is -0.152. The first-order chi connectivity index (χ1) is 3.30. The Kier molecular flexibility index (Phi) is 0.560. The molecule has 0 bridgehead atoms. The SMILES string of the molecule is [2H]C(=O)N1CCC1. The first-order valence-corrected chi connectivity index (χ1v) is 2.06. The number of likely N-dealkylation sites (tertiary alicyclic amines) is 1. The highest BCUT2D eigenvalue weighted by molar-refractivity contribution is 5.48. The number of carbonyl (C=O) groups excluding carboxylic acids is 1. The number of rotatable bonds is 0. The number of hydrogen-bond acceptors (Lipinski definition) is 1. The van der Waals surface area contributed by atoms with Crippen LogP contribution in [-0.2, 0) is 4.79 Å². The second-order valence-electron chi connectivity index (χ2n) is 1.43. The van der Waals surface area contributed by atoms with Gasteiger partial charge in [0.1, 0.15) is 1.37 Å². The molecular weight excluding hydrogens is 78.0 g/mol. The summed E-state index contributed by atoms with van der Waals surface area (Å²) in [6.45, 7) is 1.59. The zero-order chi connectivity index (χ0) is 5.28. The molecule has 0 atom stereocenters. The van der Waals surface area contributed by atoms with Crippen molar-refractivity contribution in [1.82, 2.24) is 4.90 Å². The second-order valence-corrected chi connectivity index (χ2v) is 1.43. The van der Waals surface area contributed by atoms with Crippen LogP contribution in [0.2, 0.25) is 0 Å². The Morgan fingerprint density at radius 3 is 2.50 bits per heavy atom. The van der Waals surface area contributed by atoms with E-state index in [4.69, 9.17) is 1.37 Å². The topological polar surface area (TPSA) is 20.3 Å². The van der Waals surface area contributed by atoms with E-state index in [1.807, 2.05) is 0 Å². The van der Waals surface area contributed by atoms with Crippen molar-refractivity contribution in [1.29, 1.82) is 0 Å². The monoisotopic (exact) mass is 86.1 g/mol. The van der Waals surface area contributed by atoms with Crippen molar-refractivity contribution in [2.75, 3.05) is 13.1 Å². The van der Waals surface area contributed by atoms with Gasteiger partial charge in [-0.15, -0.1) is 0 Å². The minimum absolute atomic E-state index is 0.536. The van der Waals surface area contributed by atoms with Gasteiger partial charge in [0.15, 0.2) is 0 Å². The molecule has 6 heavy (non-hydrogen) atoms. The van der Waals surface area contributed by atoms with Gasteiger partial charge in [0.25, 0.3) is 0 Å². The highest BCUT2D eigenvalue weighted by atomic mass is 16.1. The highest BCUT2D eigenvalue weighted by Gasteiger charge is 2.08. The van der Waals surface area contributed by atoms with Gasteiger partial charge >= 0.3 is 0 Å². The van der Waals surface area contributed by atoms with Crippen molar-refractivity contribution >= 4 is 6.39 Å². The van der Waals surface area contributed by atoms with Crippen LogP contribution in [0.1, 0.15) is 7.79 Å². The van der Waals surface area contributed by atoms with Gasteiger partial charge in [-0.1, -0.05) is 0 Å². The smallest absolute Gasteiger partial charge is 0.209 e. The van der Waals surface area contributed by atoms with Gasteiger partial charge in [-0.25, -0.2) is 0 Å². The van der Waals surface area contributed by atoms with Crippen LogP contribution in [-0.4, -0.2) is 24.4 Å². The molecule has 1 heterocycles. The van der Waals surface area contributed by atoms with Gasteiger partial charge in [0, 0.05) is 13.1 Å².